The van der Waals surface area contributed by atoms with Crippen molar-refractivity contribution in [2.45, 2.75) is 13.5 Å². The Kier molecular flexibility index (Phi) is 7.43. The monoisotopic (exact) mass is 431 g/mol. The van der Waals surface area contributed by atoms with Crippen LogP contribution in [0.15, 0.2) is 48.5 Å². The molecule has 8 heteroatoms. The Morgan fingerprint density at radius 2 is 2.03 bits per heavy atom. The summed E-state index contributed by atoms with van der Waals surface area (Å²) in [5, 5.41) is 3.74. The molecule has 0 unspecified atom stereocenters. The van der Waals surface area contributed by atoms with Crippen molar-refractivity contribution in [2.24, 2.45) is 0 Å². The first-order valence-electron chi connectivity index (χ1n) is 9.53. The van der Waals surface area contributed by atoms with Gasteiger partial charge in [-0.2, -0.15) is 0 Å². The van der Waals surface area contributed by atoms with Crippen molar-refractivity contribution in [3.63, 3.8) is 0 Å². The molecule has 0 aliphatic rings. The molecule has 30 heavy (non-hydrogen) atoms. The quantitative estimate of drug-likeness (QED) is 0.503. The van der Waals surface area contributed by atoms with Gasteiger partial charge in [0.2, 0.25) is 0 Å². The molecule has 1 aromatic heterocycles. The summed E-state index contributed by atoms with van der Waals surface area (Å²) < 4.78 is 24.6. The SMILES string of the molecule is CCOc1ccc2nc(Cl)c(CN(CCOC)C(=O)Nc3ccccc3F)cc2c1. The highest BCUT2D eigenvalue weighted by Gasteiger charge is 2.18. The van der Waals surface area contributed by atoms with Gasteiger partial charge in [-0.15, -0.1) is 0 Å². The fourth-order valence-corrected chi connectivity index (χ4v) is 3.16. The standard InChI is InChI=1S/C22H23ClFN3O3/c1-3-30-17-8-9-19-15(13-17)12-16(21(23)25-19)14-27(10-11-29-2)22(28)26-20-7-5-4-6-18(20)24/h4-9,12-13H,3,10-11,14H2,1-2H3,(H,26,28). The van der Waals surface area contributed by atoms with Crippen LogP contribution in [-0.2, 0) is 11.3 Å². The molecule has 1 heterocycles. The maximum atomic E-state index is 13.9. The Labute approximate surface area is 179 Å². The van der Waals surface area contributed by atoms with Crippen LogP contribution < -0.4 is 10.1 Å². The van der Waals surface area contributed by atoms with E-state index >= 15 is 0 Å². The van der Waals surface area contributed by atoms with E-state index in [9.17, 15) is 9.18 Å². The van der Waals surface area contributed by atoms with Gasteiger partial charge in [0.15, 0.2) is 0 Å². The van der Waals surface area contributed by atoms with Gasteiger partial charge in [-0.05, 0) is 43.3 Å². The number of nitrogens with one attached hydrogen (secondary N) is 1. The summed E-state index contributed by atoms with van der Waals surface area (Å²) in [5.74, 6) is 0.222. The van der Waals surface area contributed by atoms with E-state index in [1.165, 1.54) is 17.0 Å². The molecule has 0 bridgehead atoms. The van der Waals surface area contributed by atoms with Gasteiger partial charge >= 0.3 is 6.03 Å². The zero-order valence-electron chi connectivity index (χ0n) is 16.8. The number of benzene rings is 2. The normalized spacial score (nSPS) is 10.8. The lowest BCUT2D eigenvalue weighted by atomic mass is 10.1. The number of halogens is 2. The average Bonchev–Trinajstić information content (AvgIpc) is 2.73. The van der Waals surface area contributed by atoms with Gasteiger partial charge < -0.3 is 19.7 Å². The van der Waals surface area contributed by atoms with Crippen LogP contribution in [0.4, 0.5) is 14.9 Å². The molecule has 0 radical (unpaired) electrons. The average molecular weight is 432 g/mol. The summed E-state index contributed by atoms with van der Waals surface area (Å²) in [5.41, 5.74) is 1.50. The number of aromatic nitrogens is 1. The lowest BCUT2D eigenvalue weighted by Gasteiger charge is -2.23. The third kappa shape index (κ3) is 5.37. The Hall–Kier alpha value is -2.90. The number of hydrogen-bond donors (Lipinski definition) is 1. The van der Waals surface area contributed by atoms with E-state index in [4.69, 9.17) is 21.1 Å². The van der Waals surface area contributed by atoms with Gasteiger partial charge in [0.25, 0.3) is 0 Å². The molecule has 0 saturated heterocycles. The number of ether oxygens (including phenoxy) is 2. The fourth-order valence-electron chi connectivity index (χ4n) is 2.96. The Balaban J connectivity index is 1.86. The summed E-state index contributed by atoms with van der Waals surface area (Å²) in [6, 6.07) is 13.0. The van der Waals surface area contributed by atoms with Crippen LogP contribution in [0.2, 0.25) is 5.15 Å². The number of para-hydroxylation sites is 1. The highest BCUT2D eigenvalue weighted by Crippen LogP contribution is 2.26. The smallest absolute Gasteiger partial charge is 0.322 e. The van der Waals surface area contributed by atoms with Gasteiger partial charge in [0.05, 0.1) is 31.0 Å². The van der Waals surface area contributed by atoms with Gasteiger partial charge in [0.1, 0.15) is 16.7 Å². The number of pyridine rings is 1. The van der Waals surface area contributed by atoms with Crippen LogP contribution in [0.25, 0.3) is 10.9 Å². The Morgan fingerprint density at radius 3 is 2.77 bits per heavy atom. The van der Waals surface area contributed by atoms with E-state index in [1.807, 2.05) is 31.2 Å². The van der Waals surface area contributed by atoms with Crippen molar-refractivity contribution in [1.82, 2.24) is 9.88 Å². The second kappa shape index (κ2) is 10.2. The third-order valence-electron chi connectivity index (χ3n) is 4.45. The minimum absolute atomic E-state index is 0.106. The minimum atomic E-state index is -0.508. The molecule has 0 fully saturated rings. The van der Waals surface area contributed by atoms with Gasteiger partial charge in [-0.25, -0.2) is 14.2 Å². The number of methoxy groups -OCH3 is 1. The Morgan fingerprint density at radius 1 is 1.23 bits per heavy atom. The predicted molar refractivity (Wildman–Crippen MR) is 116 cm³/mol. The molecular weight excluding hydrogens is 409 g/mol. The number of anilines is 1. The molecule has 0 spiro atoms. The number of fused-ring (bicyclic) bond motifs is 1. The Bertz CT molecular complexity index is 1030. The lowest BCUT2D eigenvalue weighted by molar-refractivity contribution is 0.152. The molecule has 0 atom stereocenters. The van der Waals surface area contributed by atoms with Crippen LogP contribution in [0, 0.1) is 5.82 Å². The number of carbonyl (C=O) groups excluding carboxylic acids is 1. The molecule has 0 saturated carbocycles. The molecule has 6 nitrogen and oxygen atoms in total. The maximum absolute atomic E-state index is 13.9. The maximum Gasteiger partial charge on any atom is 0.322 e. The second-order valence-corrected chi connectivity index (χ2v) is 6.91. The number of rotatable bonds is 8. The molecule has 2 aromatic carbocycles. The van der Waals surface area contributed by atoms with E-state index in [0.717, 1.165) is 16.7 Å². The molecule has 158 valence electrons. The van der Waals surface area contributed by atoms with Crippen molar-refractivity contribution in [1.29, 1.82) is 0 Å². The predicted octanol–water partition coefficient (Wildman–Crippen LogP) is 5.11. The lowest BCUT2D eigenvalue weighted by Crippen LogP contribution is -2.37. The van der Waals surface area contributed by atoms with Crippen molar-refractivity contribution in [3.8, 4) is 5.75 Å². The summed E-state index contributed by atoms with van der Waals surface area (Å²) in [4.78, 5) is 18.7. The minimum Gasteiger partial charge on any atom is -0.494 e. The molecule has 0 aliphatic carbocycles. The second-order valence-electron chi connectivity index (χ2n) is 6.55. The number of carbonyl (C=O) groups is 1. The van der Waals surface area contributed by atoms with E-state index < -0.39 is 11.8 Å². The molecule has 2 amide bonds. The van der Waals surface area contributed by atoms with Crippen LogP contribution in [0.3, 0.4) is 0 Å². The van der Waals surface area contributed by atoms with Crippen LogP contribution in [0.5, 0.6) is 5.75 Å². The van der Waals surface area contributed by atoms with E-state index in [1.54, 1.807) is 19.2 Å². The molecule has 0 aliphatic heterocycles. The van der Waals surface area contributed by atoms with Crippen molar-refractivity contribution >= 4 is 34.2 Å². The van der Waals surface area contributed by atoms with Crippen LogP contribution in [0.1, 0.15) is 12.5 Å². The number of amides is 2. The van der Waals surface area contributed by atoms with Crippen molar-refractivity contribution < 1.29 is 18.7 Å². The summed E-state index contributed by atoms with van der Waals surface area (Å²) >= 11 is 6.38. The summed E-state index contributed by atoms with van der Waals surface area (Å²) in [7, 11) is 1.55. The number of urea groups is 1. The summed E-state index contributed by atoms with van der Waals surface area (Å²) in [6.45, 7) is 3.27. The molecule has 3 aromatic rings. The highest BCUT2D eigenvalue weighted by molar-refractivity contribution is 6.30. The fraction of sp³-hybridized carbons (Fsp3) is 0.273. The topological polar surface area (TPSA) is 63.7 Å². The largest absolute Gasteiger partial charge is 0.494 e. The van der Waals surface area contributed by atoms with Crippen molar-refractivity contribution in [2.75, 3.05) is 32.2 Å². The first-order chi connectivity index (χ1) is 14.5. The van der Waals surface area contributed by atoms with Gasteiger partial charge in [-0.3, -0.25) is 0 Å². The van der Waals surface area contributed by atoms with E-state index in [-0.39, 0.29) is 12.2 Å². The van der Waals surface area contributed by atoms with E-state index in [0.29, 0.717) is 30.5 Å². The molecule has 1 N–H and O–H groups in total. The van der Waals surface area contributed by atoms with Crippen LogP contribution >= 0.6 is 11.6 Å². The van der Waals surface area contributed by atoms with Crippen molar-refractivity contribution in [3.05, 3.63) is 65.1 Å². The van der Waals surface area contributed by atoms with Gasteiger partial charge in [-0.1, -0.05) is 23.7 Å². The van der Waals surface area contributed by atoms with Gasteiger partial charge in [0, 0.05) is 24.6 Å². The first-order valence-corrected chi connectivity index (χ1v) is 9.91. The zero-order chi connectivity index (χ0) is 21.5. The zero-order valence-corrected chi connectivity index (χ0v) is 17.6. The molecule has 3 rings (SSSR count). The third-order valence-corrected chi connectivity index (χ3v) is 4.78. The number of nitrogens with zero attached hydrogens (tertiary/aromatic N) is 2. The molecular formula is C22H23ClFN3O3. The van der Waals surface area contributed by atoms with E-state index in [2.05, 4.69) is 10.3 Å². The van der Waals surface area contributed by atoms with Crippen LogP contribution in [-0.4, -0.2) is 42.8 Å². The first kappa shape index (κ1) is 21.8. The summed E-state index contributed by atoms with van der Waals surface area (Å²) in [6.07, 6.45) is 0. The number of hydrogen-bond acceptors (Lipinski definition) is 4. The highest BCUT2D eigenvalue weighted by atomic mass is 35.5.